The highest BCUT2D eigenvalue weighted by atomic mass is 32.2. The molecule has 19 heavy (non-hydrogen) atoms. The first-order valence-corrected chi connectivity index (χ1v) is 7.84. The lowest BCUT2D eigenvalue weighted by Crippen LogP contribution is -2.27. The van der Waals surface area contributed by atoms with Crippen molar-refractivity contribution in [1.82, 2.24) is 20.2 Å². The topological polar surface area (TPSA) is 96.1 Å². The van der Waals surface area contributed by atoms with Crippen LogP contribution in [0.4, 0.5) is 0 Å². The number of rotatable bonds is 10. The molecular formula is C11H22N4O3S. The van der Waals surface area contributed by atoms with Crippen molar-refractivity contribution in [3.63, 3.8) is 0 Å². The largest absolute Gasteiger partial charge is 0.381 e. The molecular weight excluding hydrogens is 268 g/mol. The van der Waals surface area contributed by atoms with Gasteiger partial charge in [-0.3, -0.25) is 5.10 Å². The van der Waals surface area contributed by atoms with Crippen molar-refractivity contribution in [2.24, 2.45) is 0 Å². The maximum absolute atomic E-state index is 12.0. The second-order valence-electron chi connectivity index (χ2n) is 4.12. The zero-order valence-electron chi connectivity index (χ0n) is 11.4. The predicted molar refractivity (Wildman–Crippen MR) is 72.3 cm³/mol. The molecule has 110 valence electrons. The van der Waals surface area contributed by atoms with Crippen LogP contribution in [0.25, 0.3) is 0 Å². The first kappa shape index (κ1) is 16.1. The predicted octanol–water partition coefficient (Wildman–Crippen LogP) is 0.224. The molecule has 0 spiro atoms. The molecule has 0 bridgehead atoms. The first-order valence-electron chi connectivity index (χ1n) is 6.36. The molecule has 3 N–H and O–H groups in total. The molecule has 1 heterocycles. The van der Waals surface area contributed by atoms with Gasteiger partial charge in [-0.25, -0.2) is 13.1 Å². The van der Waals surface area contributed by atoms with E-state index in [2.05, 4.69) is 20.2 Å². The van der Waals surface area contributed by atoms with Crippen LogP contribution in [0.1, 0.15) is 25.3 Å². The molecule has 8 heteroatoms. The van der Waals surface area contributed by atoms with Gasteiger partial charge in [-0.15, -0.1) is 0 Å². The number of aromatic nitrogens is 2. The second kappa shape index (κ2) is 8.26. The van der Waals surface area contributed by atoms with E-state index < -0.39 is 10.0 Å². The number of nitrogens with zero attached hydrogens (tertiary/aromatic N) is 1. The zero-order chi connectivity index (χ0) is 14.1. The molecule has 0 aliphatic heterocycles. The Kier molecular flexibility index (Phi) is 7.00. The number of hydrogen-bond donors (Lipinski definition) is 3. The van der Waals surface area contributed by atoms with E-state index >= 15 is 0 Å². The maximum atomic E-state index is 12.0. The van der Waals surface area contributed by atoms with Gasteiger partial charge in [-0.1, -0.05) is 6.92 Å². The van der Waals surface area contributed by atoms with E-state index in [0.717, 1.165) is 6.42 Å². The summed E-state index contributed by atoms with van der Waals surface area (Å²) in [5.74, 6) is 0. The van der Waals surface area contributed by atoms with Crippen molar-refractivity contribution in [3.05, 3.63) is 11.8 Å². The molecule has 0 amide bonds. The Morgan fingerprint density at radius 1 is 1.42 bits per heavy atom. The molecule has 7 nitrogen and oxygen atoms in total. The van der Waals surface area contributed by atoms with Crippen molar-refractivity contribution in [3.8, 4) is 0 Å². The van der Waals surface area contributed by atoms with Gasteiger partial charge < -0.3 is 10.1 Å². The molecule has 0 saturated heterocycles. The number of sulfonamides is 1. The van der Waals surface area contributed by atoms with E-state index in [1.165, 1.54) is 6.20 Å². The molecule has 0 atom stereocenters. The van der Waals surface area contributed by atoms with E-state index in [4.69, 9.17) is 4.74 Å². The van der Waals surface area contributed by atoms with Crippen molar-refractivity contribution in [2.45, 2.75) is 31.3 Å². The third kappa shape index (κ3) is 5.27. The minimum absolute atomic E-state index is 0.122. The third-order valence-electron chi connectivity index (χ3n) is 2.42. The van der Waals surface area contributed by atoms with Crippen LogP contribution in [-0.4, -0.2) is 45.4 Å². The average molecular weight is 290 g/mol. The SMILES string of the molecule is CCCOCCCNS(=O)(=O)c1[nH]ncc1CNC. The quantitative estimate of drug-likeness (QED) is 0.536. The van der Waals surface area contributed by atoms with Crippen LogP contribution in [-0.2, 0) is 21.3 Å². The summed E-state index contributed by atoms with van der Waals surface area (Å²) in [6.07, 6.45) is 3.12. The Labute approximate surface area is 114 Å². The highest BCUT2D eigenvalue weighted by Crippen LogP contribution is 2.11. The summed E-state index contributed by atoms with van der Waals surface area (Å²) in [5.41, 5.74) is 0.622. The third-order valence-corrected chi connectivity index (χ3v) is 3.90. The van der Waals surface area contributed by atoms with Crippen LogP contribution in [0.2, 0.25) is 0 Å². The van der Waals surface area contributed by atoms with Crippen molar-refractivity contribution in [1.29, 1.82) is 0 Å². The minimum Gasteiger partial charge on any atom is -0.381 e. The van der Waals surface area contributed by atoms with Gasteiger partial charge >= 0.3 is 0 Å². The lowest BCUT2D eigenvalue weighted by Gasteiger charge is -2.07. The summed E-state index contributed by atoms with van der Waals surface area (Å²) < 4.78 is 31.9. The Morgan fingerprint density at radius 3 is 2.89 bits per heavy atom. The molecule has 0 fully saturated rings. The van der Waals surface area contributed by atoms with E-state index in [0.29, 0.717) is 38.3 Å². The Morgan fingerprint density at radius 2 is 2.21 bits per heavy atom. The monoisotopic (exact) mass is 290 g/mol. The van der Waals surface area contributed by atoms with E-state index in [1.807, 2.05) is 6.92 Å². The Bertz CT molecular complexity index is 458. The normalized spacial score (nSPS) is 11.9. The van der Waals surface area contributed by atoms with Gasteiger partial charge in [0.05, 0.1) is 6.20 Å². The highest BCUT2D eigenvalue weighted by molar-refractivity contribution is 7.89. The molecule has 0 radical (unpaired) electrons. The molecule has 1 rings (SSSR count). The summed E-state index contributed by atoms with van der Waals surface area (Å²) in [5, 5.41) is 9.31. The van der Waals surface area contributed by atoms with Crippen molar-refractivity contribution < 1.29 is 13.2 Å². The fraction of sp³-hybridized carbons (Fsp3) is 0.727. The molecule has 0 saturated carbocycles. The summed E-state index contributed by atoms with van der Waals surface area (Å²) in [4.78, 5) is 0. The number of ether oxygens (including phenoxy) is 1. The molecule has 1 aromatic heterocycles. The summed E-state index contributed by atoms with van der Waals surface area (Å²) >= 11 is 0. The fourth-order valence-electron chi connectivity index (χ4n) is 1.55. The van der Waals surface area contributed by atoms with Crippen molar-refractivity contribution in [2.75, 3.05) is 26.8 Å². The maximum Gasteiger partial charge on any atom is 0.257 e. The van der Waals surface area contributed by atoms with E-state index in [-0.39, 0.29) is 5.03 Å². The van der Waals surface area contributed by atoms with Gasteiger partial charge in [0, 0.05) is 31.9 Å². The van der Waals surface area contributed by atoms with Crippen LogP contribution >= 0.6 is 0 Å². The van der Waals surface area contributed by atoms with Gasteiger partial charge in [-0.05, 0) is 19.9 Å². The van der Waals surface area contributed by atoms with E-state index in [1.54, 1.807) is 7.05 Å². The summed E-state index contributed by atoms with van der Waals surface area (Å²) in [7, 11) is -1.77. The van der Waals surface area contributed by atoms with Crippen LogP contribution in [0, 0.1) is 0 Å². The highest BCUT2D eigenvalue weighted by Gasteiger charge is 2.19. The van der Waals surface area contributed by atoms with Gasteiger partial charge in [0.25, 0.3) is 10.0 Å². The Balaban J connectivity index is 2.45. The first-order chi connectivity index (χ1) is 9.11. The van der Waals surface area contributed by atoms with Crippen LogP contribution in [0.3, 0.4) is 0 Å². The zero-order valence-corrected chi connectivity index (χ0v) is 12.2. The second-order valence-corrected chi connectivity index (χ2v) is 5.82. The van der Waals surface area contributed by atoms with Crippen LogP contribution < -0.4 is 10.0 Å². The standard InChI is InChI=1S/C11H22N4O3S/c1-3-6-18-7-4-5-14-19(16,17)11-10(8-12-2)9-13-15-11/h9,12,14H,3-8H2,1-2H3,(H,13,15). The van der Waals surface area contributed by atoms with E-state index in [9.17, 15) is 8.42 Å². The number of nitrogens with one attached hydrogen (secondary N) is 3. The molecule has 0 aliphatic rings. The van der Waals surface area contributed by atoms with Crippen LogP contribution in [0.5, 0.6) is 0 Å². The average Bonchev–Trinajstić information content (AvgIpc) is 2.83. The summed E-state index contributed by atoms with van der Waals surface area (Å²) in [6, 6.07) is 0. The molecule has 0 aliphatic carbocycles. The lowest BCUT2D eigenvalue weighted by molar-refractivity contribution is 0.133. The van der Waals surface area contributed by atoms with Crippen LogP contribution in [0.15, 0.2) is 11.2 Å². The van der Waals surface area contributed by atoms with Gasteiger partial charge in [0.2, 0.25) is 0 Å². The van der Waals surface area contributed by atoms with Gasteiger partial charge in [0.1, 0.15) is 0 Å². The molecule has 0 aromatic carbocycles. The number of aromatic amines is 1. The minimum atomic E-state index is -3.53. The smallest absolute Gasteiger partial charge is 0.257 e. The number of hydrogen-bond acceptors (Lipinski definition) is 5. The Hall–Kier alpha value is -0.960. The summed E-state index contributed by atoms with van der Waals surface area (Å²) in [6.45, 7) is 4.10. The van der Waals surface area contributed by atoms with Gasteiger partial charge in [-0.2, -0.15) is 5.10 Å². The lowest BCUT2D eigenvalue weighted by atomic mass is 10.4. The molecule has 0 unspecified atom stereocenters. The fourth-order valence-corrected chi connectivity index (χ4v) is 2.75. The number of H-pyrrole nitrogens is 1. The van der Waals surface area contributed by atoms with Gasteiger partial charge in [0.15, 0.2) is 5.03 Å². The molecule has 1 aromatic rings. The van der Waals surface area contributed by atoms with Crippen molar-refractivity contribution >= 4 is 10.0 Å².